The Kier molecular flexibility index (Phi) is 7.08. The maximum atomic E-state index is 13.9. The number of halogens is 3. The molecule has 3 aliphatic carbocycles. The zero-order valence-corrected chi connectivity index (χ0v) is 18.4. The number of hydrogen-bond acceptors (Lipinski definition) is 2. The molecule has 3 aliphatic rings. The zero-order valence-electron chi connectivity index (χ0n) is 18.4. The first-order chi connectivity index (χ1) is 15.0. The number of esters is 1. The molecule has 2 saturated carbocycles. The second kappa shape index (κ2) is 9.79. The fraction of sp³-hybridized carbons (Fsp3) is 0.654. The predicted molar refractivity (Wildman–Crippen MR) is 115 cm³/mol. The van der Waals surface area contributed by atoms with Crippen molar-refractivity contribution in [3.05, 3.63) is 40.4 Å². The van der Waals surface area contributed by atoms with Gasteiger partial charge in [-0.15, -0.1) is 0 Å². The van der Waals surface area contributed by atoms with Gasteiger partial charge in [0.05, 0.1) is 5.92 Å². The van der Waals surface area contributed by atoms with E-state index in [2.05, 4.69) is 6.92 Å². The zero-order chi connectivity index (χ0) is 22.0. The molecule has 2 fully saturated rings. The van der Waals surface area contributed by atoms with Gasteiger partial charge in [-0.1, -0.05) is 32.6 Å². The van der Waals surface area contributed by atoms with Crippen LogP contribution in [0.25, 0.3) is 6.08 Å². The van der Waals surface area contributed by atoms with E-state index < -0.39 is 17.5 Å². The Morgan fingerprint density at radius 1 is 0.935 bits per heavy atom. The summed E-state index contributed by atoms with van der Waals surface area (Å²) in [6.45, 7) is 2.27. The van der Waals surface area contributed by atoms with Crippen molar-refractivity contribution in [1.82, 2.24) is 0 Å². The smallest absolute Gasteiger partial charge is 0.314 e. The number of allylic oxidation sites excluding steroid dienone is 1. The van der Waals surface area contributed by atoms with Crippen LogP contribution in [0, 0.1) is 41.1 Å². The van der Waals surface area contributed by atoms with Gasteiger partial charge in [-0.25, -0.2) is 13.2 Å². The molecule has 0 aromatic heterocycles. The van der Waals surface area contributed by atoms with Crippen molar-refractivity contribution in [3.8, 4) is 0 Å². The summed E-state index contributed by atoms with van der Waals surface area (Å²) in [6, 6.07) is 0.973. The van der Waals surface area contributed by atoms with E-state index in [0.29, 0.717) is 12.2 Å². The summed E-state index contributed by atoms with van der Waals surface area (Å²) >= 11 is 0. The van der Waals surface area contributed by atoms with Crippen molar-refractivity contribution >= 4 is 12.0 Å². The van der Waals surface area contributed by atoms with Crippen LogP contribution in [-0.2, 0) is 16.0 Å². The summed E-state index contributed by atoms with van der Waals surface area (Å²) < 4.78 is 46.5. The van der Waals surface area contributed by atoms with Crippen molar-refractivity contribution in [1.29, 1.82) is 0 Å². The van der Waals surface area contributed by atoms with E-state index in [1.807, 2.05) is 0 Å². The van der Waals surface area contributed by atoms with E-state index in [0.717, 1.165) is 49.5 Å². The molecule has 0 N–H and O–H groups in total. The first-order valence-corrected chi connectivity index (χ1v) is 12.0. The van der Waals surface area contributed by atoms with Gasteiger partial charge in [-0.05, 0) is 86.0 Å². The van der Waals surface area contributed by atoms with Crippen LogP contribution in [0.5, 0.6) is 0 Å². The fourth-order valence-electron chi connectivity index (χ4n) is 6.00. The molecule has 1 aromatic rings. The minimum absolute atomic E-state index is 0.100. The highest BCUT2D eigenvalue weighted by molar-refractivity contribution is 5.75. The number of benzene rings is 1. The molecule has 0 saturated heterocycles. The first-order valence-electron chi connectivity index (χ1n) is 12.0. The Hall–Kier alpha value is -1.78. The molecule has 0 heterocycles. The number of carbonyl (C=O) groups excluding carboxylic acids is 1. The largest absolute Gasteiger partial charge is 0.431 e. The third-order valence-electron chi connectivity index (χ3n) is 7.83. The lowest BCUT2D eigenvalue weighted by atomic mass is 9.69. The van der Waals surface area contributed by atoms with Gasteiger partial charge in [0.2, 0.25) is 0 Å². The Bertz CT molecular complexity index is 832. The normalized spacial score (nSPS) is 28.6. The molecule has 2 nitrogen and oxygen atoms in total. The van der Waals surface area contributed by atoms with E-state index in [-0.39, 0.29) is 29.4 Å². The van der Waals surface area contributed by atoms with Gasteiger partial charge in [0.1, 0.15) is 5.76 Å². The minimum atomic E-state index is -1.44. The van der Waals surface area contributed by atoms with Gasteiger partial charge in [-0.2, -0.15) is 0 Å². The number of fused-ring (bicyclic) bond motifs is 1. The average molecular weight is 435 g/mol. The summed E-state index contributed by atoms with van der Waals surface area (Å²) in [7, 11) is 0. The highest BCUT2D eigenvalue weighted by Crippen LogP contribution is 2.42. The lowest BCUT2D eigenvalue weighted by molar-refractivity contribution is -0.146. The highest BCUT2D eigenvalue weighted by Gasteiger charge is 2.34. The molecule has 0 unspecified atom stereocenters. The lowest BCUT2D eigenvalue weighted by Crippen LogP contribution is -2.29. The Balaban J connectivity index is 1.29. The summed E-state index contributed by atoms with van der Waals surface area (Å²) in [4.78, 5) is 12.7. The van der Waals surface area contributed by atoms with Crippen molar-refractivity contribution in [3.63, 3.8) is 0 Å². The van der Waals surface area contributed by atoms with E-state index in [1.165, 1.54) is 44.6 Å². The maximum Gasteiger partial charge on any atom is 0.314 e. The molecular formula is C26H33F3O2. The Morgan fingerprint density at radius 3 is 2.23 bits per heavy atom. The number of ether oxygens (including phenoxy) is 1. The van der Waals surface area contributed by atoms with Crippen LogP contribution >= 0.6 is 0 Å². The van der Waals surface area contributed by atoms with E-state index >= 15 is 0 Å². The fourth-order valence-corrected chi connectivity index (χ4v) is 6.00. The molecular weight excluding hydrogens is 401 g/mol. The quantitative estimate of drug-likeness (QED) is 0.358. The topological polar surface area (TPSA) is 26.3 Å². The third-order valence-corrected chi connectivity index (χ3v) is 7.83. The van der Waals surface area contributed by atoms with Gasteiger partial charge in [-0.3, -0.25) is 4.79 Å². The van der Waals surface area contributed by atoms with Crippen LogP contribution in [0.4, 0.5) is 13.2 Å². The molecule has 170 valence electrons. The number of hydrogen-bond donors (Lipinski definition) is 0. The van der Waals surface area contributed by atoms with Crippen LogP contribution in [0.2, 0.25) is 0 Å². The van der Waals surface area contributed by atoms with Gasteiger partial charge < -0.3 is 4.74 Å². The summed E-state index contributed by atoms with van der Waals surface area (Å²) in [5.41, 5.74) is 0.403. The number of rotatable bonds is 5. The van der Waals surface area contributed by atoms with E-state index in [1.54, 1.807) is 0 Å². The van der Waals surface area contributed by atoms with Crippen molar-refractivity contribution in [2.24, 2.45) is 23.7 Å². The van der Waals surface area contributed by atoms with Gasteiger partial charge in [0.25, 0.3) is 0 Å². The third kappa shape index (κ3) is 5.01. The lowest BCUT2D eigenvalue weighted by Gasteiger charge is -2.37. The van der Waals surface area contributed by atoms with Crippen molar-refractivity contribution in [2.45, 2.75) is 84.0 Å². The van der Waals surface area contributed by atoms with E-state index in [9.17, 15) is 18.0 Å². The molecule has 5 heteroatoms. The van der Waals surface area contributed by atoms with Gasteiger partial charge in [0.15, 0.2) is 17.5 Å². The van der Waals surface area contributed by atoms with Crippen LogP contribution in [-0.4, -0.2) is 5.97 Å². The predicted octanol–water partition coefficient (Wildman–Crippen LogP) is 7.35. The van der Waals surface area contributed by atoms with Gasteiger partial charge >= 0.3 is 5.97 Å². The molecule has 0 amide bonds. The second-order valence-electron chi connectivity index (χ2n) is 9.77. The molecule has 0 aliphatic heterocycles. The Labute approximate surface area is 183 Å². The number of carbonyl (C=O) groups is 1. The molecule has 4 rings (SSSR count). The minimum Gasteiger partial charge on any atom is -0.431 e. The van der Waals surface area contributed by atoms with Gasteiger partial charge in [0, 0.05) is 6.42 Å². The monoisotopic (exact) mass is 434 g/mol. The standard InChI is InChI=1S/C26H33F3O2/c1-2-3-16-4-6-17(7-5-16)18-8-10-19(11-9-18)26(30)31-21-12-13-22-20(14-21)15-23(27)25(29)24(22)28/h14-19H,2-13H2,1H3. The second-order valence-corrected chi connectivity index (χ2v) is 9.77. The van der Waals surface area contributed by atoms with Crippen LogP contribution in [0.15, 0.2) is 11.8 Å². The van der Waals surface area contributed by atoms with Crippen molar-refractivity contribution < 1.29 is 22.7 Å². The molecule has 0 radical (unpaired) electrons. The van der Waals surface area contributed by atoms with Crippen LogP contribution in [0.1, 0.15) is 88.7 Å². The Morgan fingerprint density at radius 2 is 1.58 bits per heavy atom. The van der Waals surface area contributed by atoms with E-state index in [4.69, 9.17) is 4.74 Å². The molecule has 0 bridgehead atoms. The first kappa shape index (κ1) is 22.4. The van der Waals surface area contributed by atoms with Crippen molar-refractivity contribution in [2.75, 3.05) is 0 Å². The highest BCUT2D eigenvalue weighted by atomic mass is 19.2. The van der Waals surface area contributed by atoms with Crippen LogP contribution in [0.3, 0.4) is 0 Å². The molecule has 1 aromatic carbocycles. The summed E-state index contributed by atoms with van der Waals surface area (Å²) in [5, 5.41) is 0. The summed E-state index contributed by atoms with van der Waals surface area (Å²) in [6.07, 6.45) is 13.9. The SMILES string of the molecule is CCCC1CCC(C2CCC(C(=O)OC3=Cc4cc(F)c(F)c(F)c4CC3)CC2)CC1. The molecule has 0 spiro atoms. The average Bonchev–Trinajstić information content (AvgIpc) is 2.78. The van der Waals surface area contributed by atoms with Crippen LogP contribution < -0.4 is 0 Å². The molecule has 31 heavy (non-hydrogen) atoms. The molecule has 0 atom stereocenters. The maximum absolute atomic E-state index is 13.9. The summed E-state index contributed by atoms with van der Waals surface area (Å²) in [5.74, 6) is -1.26.